The van der Waals surface area contributed by atoms with Crippen LogP contribution < -0.4 is 0 Å². The molecule has 0 aromatic carbocycles. The van der Waals surface area contributed by atoms with E-state index >= 15 is 0 Å². The van der Waals surface area contributed by atoms with E-state index in [0.717, 1.165) is 38.6 Å². The number of hydrogen-bond acceptors (Lipinski definition) is 2. The fourth-order valence-corrected chi connectivity index (χ4v) is 2.75. The molecule has 0 aliphatic carbocycles. The van der Waals surface area contributed by atoms with Gasteiger partial charge in [-0.25, -0.2) is 0 Å². The first-order chi connectivity index (χ1) is 8.60. The molecule has 0 saturated carbocycles. The second kappa shape index (κ2) is 7.39. The molecule has 1 aliphatic heterocycles. The number of piperidine rings is 1. The Hall–Kier alpha value is -1.06. The molecule has 1 amide bonds. The van der Waals surface area contributed by atoms with Crippen molar-refractivity contribution in [2.75, 3.05) is 6.54 Å². The van der Waals surface area contributed by atoms with Gasteiger partial charge in [0, 0.05) is 24.9 Å². The molecular formula is C14H25NO3. The highest BCUT2D eigenvalue weighted by atomic mass is 16.4. The maximum absolute atomic E-state index is 12.4. The normalized spacial score (nSPS) is 20.2. The standard InChI is InChI=1S/C14H25NO3/c1-3-11(4-2)14(18)15-10-6-5-7-12(15)8-9-13(16)17/h11-12H,3-10H2,1-2H3,(H,16,17). The third-order valence-corrected chi connectivity index (χ3v) is 3.94. The average molecular weight is 255 g/mol. The molecule has 18 heavy (non-hydrogen) atoms. The summed E-state index contributed by atoms with van der Waals surface area (Å²) in [6.07, 6.45) is 5.62. The van der Waals surface area contributed by atoms with Gasteiger partial charge in [-0.3, -0.25) is 9.59 Å². The van der Waals surface area contributed by atoms with E-state index in [9.17, 15) is 9.59 Å². The lowest BCUT2D eigenvalue weighted by molar-refractivity contribution is -0.142. The second-order valence-corrected chi connectivity index (χ2v) is 5.13. The van der Waals surface area contributed by atoms with Gasteiger partial charge in [-0.15, -0.1) is 0 Å². The molecule has 1 atom stereocenters. The van der Waals surface area contributed by atoms with E-state index in [-0.39, 0.29) is 24.3 Å². The van der Waals surface area contributed by atoms with E-state index in [1.54, 1.807) is 0 Å². The van der Waals surface area contributed by atoms with Crippen LogP contribution in [0.3, 0.4) is 0 Å². The Morgan fingerprint density at radius 2 is 1.94 bits per heavy atom. The topological polar surface area (TPSA) is 57.6 Å². The summed E-state index contributed by atoms with van der Waals surface area (Å²) in [5, 5.41) is 8.77. The molecule has 4 heteroatoms. The molecule has 1 rings (SSSR count). The van der Waals surface area contributed by atoms with Crippen molar-refractivity contribution in [1.82, 2.24) is 4.90 Å². The van der Waals surface area contributed by atoms with Crippen molar-refractivity contribution in [3.8, 4) is 0 Å². The van der Waals surface area contributed by atoms with Crippen LogP contribution in [0.2, 0.25) is 0 Å². The van der Waals surface area contributed by atoms with Crippen molar-refractivity contribution in [1.29, 1.82) is 0 Å². The number of rotatable bonds is 6. The Morgan fingerprint density at radius 3 is 2.50 bits per heavy atom. The van der Waals surface area contributed by atoms with Gasteiger partial charge < -0.3 is 10.0 Å². The summed E-state index contributed by atoms with van der Waals surface area (Å²) in [5.41, 5.74) is 0. The van der Waals surface area contributed by atoms with Gasteiger partial charge in [0.25, 0.3) is 0 Å². The highest BCUT2D eigenvalue weighted by molar-refractivity contribution is 5.79. The van der Waals surface area contributed by atoms with Gasteiger partial charge in [-0.1, -0.05) is 13.8 Å². The minimum absolute atomic E-state index is 0.107. The van der Waals surface area contributed by atoms with Gasteiger partial charge in [-0.05, 0) is 38.5 Å². The van der Waals surface area contributed by atoms with Crippen LogP contribution in [0.15, 0.2) is 0 Å². The number of carbonyl (C=O) groups excluding carboxylic acids is 1. The Bertz CT molecular complexity index is 287. The number of carboxylic acids is 1. The smallest absolute Gasteiger partial charge is 0.303 e. The molecule has 1 unspecified atom stereocenters. The number of likely N-dealkylation sites (tertiary alicyclic amines) is 1. The van der Waals surface area contributed by atoms with Gasteiger partial charge in [0.2, 0.25) is 5.91 Å². The Kier molecular flexibility index (Phi) is 6.16. The van der Waals surface area contributed by atoms with Crippen LogP contribution in [-0.4, -0.2) is 34.5 Å². The van der Waals surface area contributed by atoms with Crippen LogP contribution >= 0.6 is 0 Å². The van der Waals surface area contributed by atoms with Crippen LogP contribution in [-0.2, 0) is 9.59 Å². The Labute approximate surface area is 109 Å². The van der Waals surface area contributed by atoms with Gasteiger partial charge in [0.15, 0.2) is 0 Å². The number of aliphatic carboxylic acids is 1. The summed E-state index contributed by atoms with van der Waals surface area (Å²) < 4.78 is 0. The van der Waals surface area contributed by atoms with Crippen molar-refractivity contribution >= 4 is 11.9 Å². The molecular weight excluding hydrogens is 230 g/mol. The second-order valence-electron chi connectivity index (χ2n) is 5.13. The zero-order valence-corrected chi connectivity index (χ0v) is 11.5. The van der Waals surface area contributed by atoms with Crippen LogP contribution in [0, 0.1) is 5.92 Å². The molecule has 104 valence electrons. The summed E-state index contributed by atoms with van der Waals surface area (Å²) in [4.78, 5) is 25.0. The van der Waals surface area contributed by atoms with E-state index in [2.05, 4.69) is 0 Å². The highest BCUT2D eigenvalue weighted by Gasteiger charge is 2.30. The van der Waals surface area contributed by atoms with Gasteiger partial charge in [0.05, 0.1) is 0 Å². The van der Waals surface area contributed by atoms with Gasteiger partial charge >= 0.3 is 5.97 Å². The van der Waals surface area contributed by atoms with E-state index in [4.69, 9.17) is 5.11 Å². The lowest BCUT2D eigenvalue weighted by Gasteiger charge is -2.37. The van der Waals surface area contributed by atoms with E-state index in [1.807, 2.05) is 18.7 Å². The summed E-state index contributed by atoms with van der Waals surface area (Å²) in [6, 6.07) is 0.142. The third-order valence-electron chi connectivity index (χ3n) is 3.94. The van der Waals surface area contributed by atoms with Crippen molar-refractivity contribution < 1.29 is 14.7 Å². The zero-order chi connectivity index (χ0) is 13.5. The SMILES string of the molecule is CCC(CC)C(=O)N1CCCCC1CCC(=O)O. The molecule has 0 aromatic heterocycles. The lowest BCUT2D eigenvalue weighted by atomic mass is 9.94. The summed E-state index contributed by atoms with van der Waals surface area (Å²) in [6.45, 7) is 4.89. The number of nitrogens with zero attached hydrogens (tertiary/aromatic N) is 1. The maximum Gasteiger partial charge on any atom is 0.303 e. The number of carboxylic acid groups (broad SMARTS) is 1. The van der Waals surface area contributed by atoms with Crippen LogP contribution in [0.25, 0.3) is 0 Å². The largest absolute Gasteiger partial charge is 0.481 e. The monoisotopic (exact) mass is 255 g/mol. The van der Waals surface area contributed by atoms with Crippen molar-refractivity contribution in [2.24, 2.45) is 5.92 Å². The predicted octanol–water partition coefficient (Wildman–Crippen LogP) is 2.67. The summed E-state index contributed by atoms with van der Waals surface area (Å²) >= 11 is 0. The lowest BCUT2D eigenvalue weighted by Crippen LogP contribution is -2.46. The minimum atomic E-state index is -0.768. The number of carbonyl (C=O) groups is 2. The van der Waals surface area contributed by atoms with Crippen molar-refractivity contribution in [3.63, 3.8) is 0 Å². The van der Waals surface area contributed by atoms with Crippen LogP contribution in [0.5, 0.6) is 0 Å². The molecule has 0 bridgehead atoms. The first-order valence-electron chi connectivity index (χ1n) is 7.12. The molecule has 0 spiro atoms. The van der Waals surface area contributed by atoms with Crippen molar-refractivity contribution in [2.45, 2.75) is 64.8 Å². The average Bonchev–Trinajstić information content (AvgIpc) is 2.38. The molecule has 1 saturated heterocycles. The number of amides is 1. The molecule has 1 heterocycles. The molecule has 0 radical (unpaired) electrons. The Balaban J connectivity index is 2.63. The third kappa shape index (κ3) is 4.00. The molecule has 1 N–H and O–H groups in total. The fraction of sp³-hybridized carbons (Fsp3) is 0.857. The van der Waals surface area contributed by atoms with Gasteiger partial charge in [0.1, 0.15) is 0 Å². The van der Waals surface area contributed by atoms with Crippen molar-refractivity contribution in [3.05, 3.63) is 0 Å². The van der Waals surface area contributed by atoms with Gasteiger partial charge in [-0.2, -0.15) is 0 Å². The quantitative estimate of drug-likeness (QED) is 0.793. The summed E-state index contributed by atoms with van der Waals surface area (Å²) in [7, 11) is 0. The van der Waals surface area contributed by atoms with Crippen LogP contribution in [0.4, 0.5) is 0 Å². The number of hydrogen-bond donors (Lipinski definition) is 1. The maximum atomic E-state index is 12.4. The zero-order valence-electron chi connectivity index (χ0n) is 11.5. The summed E-state index contributed by atoms with van der Waals surface area (Å²) in [5.74, 6) is -0.430. The predicted molar refractivity (Wildman–Crippen MR) is 70.3 cm³/mol. The molecule has 4 nitrogen and oxygen atoms in total. The first-order valence-corrected chi connectivity index (χ1v) is 7.12. The molecule has 1 fully saturated rings. The first kappa shape index (κ1) is 15.0. The fourth-order valence-electron chi connectivity index (χ4n) is 2.75. The Morgan fingerprint density at radius 1 is 1.28 bits per heavy atom. The highest BCUT2D eigenvalue weighted by Crippen LogP contribution is 2.24. The van der Waals surface area contributed by atoms with Crippen LogP contribution in [0.1, 0.15) is 58.8 Å². The van der Waals surface area contributed by atoms with E-state index in [0.29, 0.717) is 6.42 Å². The minimum Gasteiger partial charge on any atom is -0.481 e. The molecule has 0 aromatic rings. The molecule has 1 aliphatic rings. The van der Waals surface area contributed by atoms with E-state index in [1.165, 1.54) is 0 Å². The van der Waals surface area contributed by atoms with E-state index < -0.39 is 5.97 Å².